The lowest BCUT2D eigenvalue weighted by Crippen LogP contribution is -2.12. The smallest absolute Gasteiger partial charge is 0.234 e. The zero-order chi connectivity index (χ0) is 10.8. The summed E-state index contributed by atoms with van der Waals surface area (Å²) in [7, 11) is 3.54. The van der Waals surface area contributed by atoms with E-state index in [4.69, 9.17) is 4.74 Å². The first-order valence-corrected chi connectivity index (χ1v) is 5.45. The molecule has 1 unspecified atom stereocenters. The Labute approximate surface area is 91.3 Å². The molecule has 0 fully saturated rings. The normalized spacial score (nSPS) is 13.5. The van der Waals surface area contributed by atoms with Gasteiger partial charge in [-0.2, -0.15) is 9.61 Å². The quantitative estimate of drug-likeness (QED) is 0.829. The summed E-state index contributed by atoms with van der Waals surface area (Å²) in [4.78, 5) is 0.805. The molecule has 0 aliphatic rings. The minimum absolute atomic E-state index is 0.229. The molecule has 0 bridgehead atoms. The van der Waals surface area contributed by atoms with E-state index in [-0.39, 0.29) is 6.04 Å². The van der Waals surface area contributed by atoms with E-state index in [1.165, 1.54) is 11.3 Å². The summed E-state index contributed by atoms with van der Waals surface area (Å²) in [6, 6.07) is 0.229. The Morgan fingerprint density at radius 2 is 2.33 bits per heavy atom. The minimum atomic E-state index is 0.229. The minimum Gasteiger partial charge on any atom is -0.377 e. The predicted molar refractivity (Wildman–Crippen MR) is 56.8 cm³/mol. The number of rotatable bonds is 4. The average molecular weight is 227 g/mol. The molecule has 2 aromatic heterocycles. The molecule has 1 atom stereocenters. The second kappa shape index (κ2) is 4.21. The Kier molecular flexibility index (Phi) is 2.94. The molecule has 15 heavy (non-hydrogen) atoms. The number of ether oxygens (including phenoxy) is 1. The Hall–Kier alpha value is -1.05. The molecule has 7 heteroatoms. The van der Waals surface area contributed by atoms with Crippen molar-refractivity contribution in [1.82, 2.24) is 25.1 Å². The van der Waals surface area contributed by atoms with E-state index in [9.17, 15) is 0 Å². The van der Waals surface area contributed by atoms with Gasteiger partial charge in [0.25, 0.3) is 0 Å². The van der Waals surface area contributed by atoms with Gasteiger partial charge in [-0.3, -0.25) is 0 Å². The van der Waals surface area contributed by atoms with Crippen LogP contribution in [0.4, 0.5) is 0 Å². The summed E-state index contributed by atoms with van der Waals surface area (Å²) in [5, 5.41) is 16.6. The van der Waals surface area contributed by atoms with Gasteiger partial charge in [0.2, 0.25) is 4.96 Å². The van der Waals surface area contributed by atoms with E-state index >= 15 is 0 Å². The third-order valence-corrected chi connectivity index (χ3v) is 3.23. The van der Waals surface area contributed by atoms with E-state index in [0.717, 1.165) is 15.8 Å². The topological polar surface area (TPSA) is 64.3 Å². The standard InChI is InChI=1S/C8H13N5OS/c1-5(9-2)7-12-13-6(4-14-3)10-11-8(13)15-7/h5,9H,4H2,1-3H3. The van der Waals surface area contributed by atoms with Crippen LogP contribution in [0.15, 0.2) is 0 Å². The largest absolute Gasteiger partial charge is 0.377 e. The van der Waals surface area contributed by atoms with Crippen molar-refractivity contribution in [2.75, 3.05) is 14.2 Å². The summed E-state index contributed by atoms with van der Waals surface area (Å²) in [6.45, 7) is 2.49. The molecule has 1 N–H and O–H groups in total. The lowest BCUT2D eigenvalue weighted by Gasteiger charge is -2.03. The summed E-state index contributed by atoms with van der Waals surface area (Å²) >= 11 is 1.54. The van der Waals surface area contributed by atoms with Crippen LogP contribution in [0.3, 0.4) is 0 Å². The van der Waals surface area contributed by atoms with Crippen LogP contribution in [-0.2, 0) is 11.3 Å². The molecule has 6 nitrogen and oxygen atoms in total. The number of hydrogen-bond donors (Lipinski definition) is 1. The average Bonchev–Trinajstić information content (AvgIpc) is 2.79. The molecule has 0 aliphatic carbocycles. The van der Waals surface area contributed by atoms with Gasteiger partial charge < -0.3 is 10.1 Å². The highest BCUT2D eigenvalue weighted by Gasteiger charge is 2.14. The van der Waals surface area contributed by atoms with Crippen LogP contribution >= 0.6 is 11.3 Å². The fraction of sp³-hybridized carbons (Fsp3) is 0.625. The molecule has 0 saturated heterocycles. The Balaban J connectivity index is 2.38. The van der Waals surface area contributed by atoms with Gasteiger partial charge in [-0.15, -0.1) is 10.2 Å². The van der Waals surface area contributed by atoms with Crippen molar-refractivity contribution in [2.24, 2.45) is 0 Å². The molecule has 0 amide bonds. The SMILES string of the molecule is CNC(C)c1nn2c(COC)nnc2s1. The van der Waals surface area contributed by atoms with E-state index < -0.39 is 0 Å². The van der Waals surface area contributed by atoms with Crippen molar-refractivity contribution in [1.29, 1.82) is 0 Å². The lowest BCUT2D eigenvalue weighted by molar-refractivity contribution is 0.176. The zero-order valence-corrected chi connectivity index (χ0v) is 9.71. The molecule has 0 saturated carbocycles. The number of nitrogens with one attached hydrogen (secondary N) is 1. The summed E-state index contributed by atoms with van der Waals surface area (Å²) in [5.41, 5.74) is 0. The third-order valence-electron chi connectivity index (χ3n) is 2.15. The van der Waals surface area contributed by atoms with Crippen molar-refractivity contribution < 1.29 is 4.74 Å². The molecular formula is C8H13N5OS. The van der Waals surface area contributed by atoms with Crippen molar-refractivity contribution in [3.8, 4) is 0 Å². The number of nitrogens with zero attached hydrogens (tertiary/aromatic N) is 4. The van der Waals surface area contributed by atoms with Crippen LogP contribution in [-0.4, -0.2) is 34.0 Å². The fourth-order valence-electron chi connectivity index (χ4n) is 1.19. The maximum absolute atomic E-state index is 5.02. The van der Waals surface area contributed by atoms with E-state index in [1.807, 2.05) is 7.05 Å². The third kappa shape index (κ3) is 1.85. The molecule has 2 aromatic rings. The van der Waals surface area contributed by atoms with Crippen molar-refractivity contribution in [2.45, 2.75) is 19.6 Å². The highest BCUT2D eigenvalue weighted by Crippen LogP contribution is 2.19. The van der Waals surface area contributed by atoms with Crippen LogP contribution in [0.5, 0.6) is 0 Å². The van der Waals surface area contributed by atoms with E-state index in [1.54, 1.807) is 11.6 Å². The van der Waals surface area contributed by atoms with Crippen LogP contribution < -0.4 is 5.32 Å². The van der Waals surface area contributed by atoms with Crippen LogP contribution in [0.25, 0.3) is 4.96 Å². The molecule has 2 rings (SSSR count). The summed E-state index contributed by atoms with van der Waals surface area (Å²) in [5.74, 6) is 0.735. The molecular weight excluding hydrogens is 214 g/mol. The van der Waals surface area contributed by atoms with E-state index in [2.05, 4.69) is 27.5 Å². The van der Waals surface area contributed by atoms with Crippen molar-refractivity contribution in [3.05, 3.63) is 10.8 Å². The van der Waals surface area contributed by atoms with Gasteiger partial charge in [-0.25, -0.2) is 0 Å². The first-order chi connectivity index (χ1) is 7.26. The molecule has 0 aromatic carbocycles. The first-order valence-electron chi connectivity index (χ1n) is 4.63. The van der Waals surface area contributed by atoms with Crippen LogP contribution in [0.1, 0.15) is 23.8 Å². The summed E-state index contributed by atoms with van der Waals surface area (Å²) in [6.07, 6.45) is 0. The first kappa shape index (κ1) is 10.5. The Bertz CT molecular complexity index is 451. The van der Waals surface area contributed by atoms with Gasteiger partial charge in [0.1, 0.15) is 11.6 Å². The summed E-state index contributed by atoms with van der Waals surface area (Å²) < 4.78 is 6.75. The van der Waals surface area contributed by atoms with Crippen LogP contribution in [0.2, 0.25) is 0 Å². The maximum atomic E-state index is 5.02. The highest BCUT2D eigenvalue weighted by molar-refractivity contribution is 7.16. The zero-order valence-electron chi connectivity index (χ0n) is 8.89. The van der Waals surface area contributed by atoms with Gasteiger partial charge in [0, 0.05) is 7.11 Å². The van der Waals surface area contributed by atoms with Gasteiger partial charge >= 0.3 is 0 Å². The number of methoxy groups -OCH3 is 1. The maximum Gasteiger partial charge on any atom is 0.234 e. The molecule has 0 radical (unpaired) electrons. The predicted octanol–water partition coefficient (Wildman–Crippen LogP) is 0.613. The van der Waals surface area contributed by atoms with Gasteiger partial charge in [0.15, 0.2) is 5.82 Å². The van der Waals surface area contributed by atoms with Crippen molar-refractivity contribution in [3.63, 3.8) is 0 Å². The monoisotopic (exact) mass is 227 g/mol. The Morgan fingerprint density at radius 1 is 1.53 bits per heavy atom. The number of aromatic nitrogens is 4. The fourth-order valence-corrected chi connectivity index (χ4v) is 2.11. The van der Waals surface area contributed by atoms with Gasteiger partial charge in [-0.1, -0.05) is 11.3 Å². The second-order valence-corrected chi connectivity index (χ2v) is 4.18. The van der Waals surface area contributed by atoms with E-state index in [0.29, 0.717) is 6.61 Å². The molecule has 82 valence electrons. The molecule has 0 spiro atoms. The molecule has 2 heterocycles. The number of fused-ring (bicyclic) bond motifs is 1. The Morgan fingerprint density at radius 3 is 3.00 bits per heavy atom. The molecule has 0 aliphatic heterocycles. The second-order valence-electron chi connectivity index (χ2n) is 3.19. The van der Waals surface area contributed by atoms with Gasteiger partial charge in [-0.05, 0) is 14.0 Å². The van der Waals surface area contributed by atoms with Gasteiger partial charge in [0.05, 0.1) is 6.04 Å². The van der Waals surface area contributed by atoms with Crippen LogP contribution in [0, 0.1) is 0 Å². The highest BCUT2D eigenvalue weighted by atomic mass is 32.1. The lowest BCUT2D eigenvalue weighted by atomic mass is 10.4. The number of hydrogen-bond acceptors (Lipinski definition) is 6. The van der Waals surface area contributed by atoms with Crippen molar-refractivity contribution >= 4 is 16.3 Å².